The van der Waals surface area contributed by atoms with Gasteiger partial charge in [0.15, 0.2) is 12.6 Å². The zero-order valence-electron chi connectivity index (χ0n) is 61.0. The van der Waals surface area contributed by atoms with E-state index in [0.717, 1.165) is 12.8 Å². The van der Waals surface area contributed by atoms with Crippen molar-refractivity contribution in [1.82, 2.24) is 9.80 Å². The number of aromatic hydroxyl groups is 1. The quantitative estimate of drug-likeness (QED) is 0.0564. The van der Waals surface area contributed by atoms with E-state index < -0.39 is 125 Å². The van der Waals surface area contributed by atoms with Crippen LogP contribution in [0.25, 0.3) is 0 Å². The molecule has 1 aromatic rings. The predicted molar refractivity (Wildman–Crippen MR) is 356 cm³/mol. The van der Waals surface area contributed by atoms with Gasteiger partial charge in [-0.2, -0.15) is 0 Å². The topological polar surface area (TPSA) is 314 Å². The molecule has 6 rings (SSSR count). The van der Waals surface area contributed by atoms with Crippen molar-refractivity contribution in [2.45, 2.75) is 328 Å². The summed E-state index contributed by atoms with van der Waals surface area (Å²) < 4.78 is 50.8. The Morgan fingerprint density at radius 1 is 0.872 bits per heavy atom. The van der Waals surface area contributed by atoms with E-state index in [1.807, 2.05) is 79.4 Å². The van der Waals surface area contributed by atoms with Crippen LogP contribution in [0.3, 0.4) is 0 Å². The molecule has 94 heavy (non-hydrogen) atoms. The van der Waals surface area contributed by atoms with Gasteiger partial charge in [0.25, 0.3) is 0 Å². The highest BCUT2D eigenvalue weighted by Crippen LogP contribution is 2.49. The van der Waals surface area contributed by atoms with Gasteiger partial charge in [-0.1, -0.05) is 74.4 Å². The van der Waals surface area contributed by atoms with Gasteiger partial charge >= 0.3 is 11.9 Å². The number of hydrogen-bond donors (Lipinski definition) is 9. The van der Waals surface area contributed by atoms with Crippen LogP contribution >= 0.6 is 0 Å². The largest absolute Gasteiger partial charge is 0.507 e. The molecule has 9 N–H and O–H groups in total. The molecule has 5 aliphatic heterocycles. The van der Waals surface area contributed by atoms with Crippen LogP contribution in [0, 0.1) is 48.3 Å². The molecule has 0 bridgehead atoms. The van der Waals surface area contributed by atoms with E-state index in [2.05, 4.69) is 13.8 Å². The van der Waals surface area contributed by atoms with Gasteiger partial charge < -0.3 is 93.7 Å². The van der Waals surface area contributed by atoms with E-state index in [1.54, 1.807) is 67.5 Å². The van der Waals surface area contributed by atoms with Gasteiger partial charge in [-0.3, -0.25) is 9.59 Å². The summed E-state index contributed by atoms with van der Waals surface area (Å²) in [4.78, 5) is 43.7. The van der Waals surface area contributed by atoms with Crippen molar-refractivity contribution in [3.05, 3.63) is 28.8 Å². The predicted octanol–water partition coefficient (Wildman–Crippen LogP) is 7.74. The van der Waals surface area contributed by atoms with Crippen molar-refractivity contribution in [2.24, 2.45) is 41.4 Å². The normalized spacial score (nSPS) is 42.1. The van der Waals surface area contributed by atoms with Crippen LogP contribution in [0.5, 0.6) is 5.75 Å². The summed E-state index contributed by atoms with van der Waals surface area (Å²) in [7, 11) is 7.12. The van der Waals surface area contributed by atoms with E-state index in [-0.39, 0.29) is 90.5 Å². The van der Waals surface area contributed by atoms with Crippen molar-refractivity contribution in [1.29, 1.82) is 0 Å². The maximum absolute atomic E-state index is 14.2. The second-order valence-corrected chi connectivity index (χ2v) is 30.4. The molecule has 0 saturated carbocycles. The molecule has 28 atom stereocenters. The number of rotatable bonds is 20. The third-order valence-corrected chi connectivity index (χ3v) is 22.9. The number of nitrogens with zero attached hydrogens (tertiary/aromatic N) is 2. The highest BCUT2D eigenvalue weighted by Gasteiger charge is 2.57. The van der Waals surface area contributed by atoms with Gasteiger partial charge in [0.1, 0.15) is 47.1 Å². The van der Waals surface area contributed by atoms with Gasteiger partial charge in [0.2, 0.25) is 0 Å². The van der Waals surface area contributed by atoms with Crippen molar-refractivity contribution in [3.63, 3.8) is 0 Å². The number of carbonyl (C=O) groups is 3. The van der Waals surface area contributed by atoms with Crippen molar-refractivity contribution < 1.29 is 98.2 Å². The average Bonchev–Trinajstić information content (AvgIpc) is 1.52. The highest BCUT2D eigenvalue weighted by atomic mass is 16.7. The number of likely N-dealkylation sites (N-methyl/N-ethyl adjacent to an activating group) is 2. The number of phenols is 1. The Kier molecular flexibility index (Phi) is 29.0. The molecule has 5 saturated heterocycles. The standard InChI is InChI=1S/C38H72N2O12.C34H54O8/c1-15-27-38(10,46)31(42)24(6)40(13)19-20(2)17-36(8,45)33(52-35-29(41)26(39(11)12)16-21(3)48-35)22(4)30(23(5)34(44)50-27)51-28-18-37(9,47-14)32(43)25(7)49-28;1-9-25(31-21(6)18-34(11-3,42-31)26-16-17-33(40,10-2)23(8)41-26)30(37)22(7)28(35)19(4)12-14-24-15-13-20(5)29(36)27(24)32(38)39/h20-33,35,41-43,45-46H,15-19H2,1-14H3;13,15,19,21-23,25-26,28,31,35-36,40H,9-12,14,16-18H2,1-8H3,(H,38,39)/t20-,21-,22+,23-,24-,25+,26+,27-,28+,29-,30+,31-,32+,33-,35+,36-,37-,38-;19-,21+,22+,23+,25+,26-,28+,31+,33-,34+/m11/s1. The highest BCUT2D eigenvalue weighted by molar-refractivity contribution is 5.93. The minimum Gasteiger partial charge on any atom is -0.507 e. The van der Waals surface area contributed by atoms with Gasteiger partial charge in [-0.25, -0.2) is 4.79 Å². The van der Waals surface area contributed by atoms with Gasteiger partial charge in [0, 0.05) is 49.9 Å². The maximum atomic E-state index is 14.2. The van der Waals surface area contributed by atoms with E-state index in [9.17, 15) is 60.3 Å². The molecule has 0 spiro atoms. The Morgan fingerprint density at radius 2 is 1.51 bits per heavy atom. The van der Waals surface area contributed by atoms with Gasteiger partial charge in [-0.05, 0) is 183 Å². The Hall–Kier alpha value is -3.01. The minimum absolute atomic E-state index is 0.0157. The molecule has 5 aliphatic rings. The summed E-state index contributed by atoms with van der Waals surface area (Å²) in [5, 5.41) is 100. The van der Waals surface area contributed by atoms with Crippen LogP contribution < -0.4 is 0 Å². The first-order chi connectivity index (χ1) is 43.6. The molecule has 5 heterocycles. The van der Waals surface area contributed by atoms with Gasteiger partial charge in [0.05, 0.1) is 77.2 Å². The van der Waals surface area contributed by atoms with Crippen LogP contribution in [0.2, 0.25) is 0 Å². The monoisotopic (exact) mass is 1340 g/mol. The first kappa shape index (κ1) is 81.7. The molecule has 0 radical (unpaired) electrons. The van der Waals surface area contributed by atoms with Crippen LogP contribution in [0.1, 0.15) is 210 Å². The van der Waals surface area contributed by atoms with Crippen LogP contribution in [0.15, 0.2) is 12.1 Å². The number of aliphatic hydroxyl groups excluding tert-OH is 4. The van der Waals surface area contributed by atoms with Crippen LogP contribution in [-0.2, 0) is 53.9 Å². The van der Waals surface area contributed by atoms with Gasteiger partial charge in [-0.15, -0.1) is 0 Å². The third kappa shape index (κ3) is 18.3. The Labute approximate surface area is 562 Å². The number of methoxy groups -OCH3 is 1. The number of aliphatic hydroxyl groups is 7. The average molecular weight is 1340 g/mol. The molecular weight excluding hydrogens is 1210 g/mol. The maximum Gasteiger partial charge on any atom is 0.339 e. The van der Waals surface area contributed by atoms with E-state index in [0.29, 0.717) is 62.6 Å². The van der Waals surface area contributed by atoms with Crippen LogP contribution in [-0.4, -0.2) is 234 Å². The fourth-order valence-corrected chi connectivity index (χ4v) is 16.2. The lowest BCUT2D eigenvalue weighted by Crippen LogP contribution is -2.60. The molecule has 5 fully saturated rings. The number of esters is 1. The summed E-state index contributed by atoms with van der Waals surface area (Å²) in [6.45, 7) is 33.5. The number of aryl methyl sites for hydroxylation is 2. The molecule has 0 amide bonds. The zero-order chi connectivity index (χ0) is 71.2. The molecule has 22 nitrogen and oxygen atoms in total. The summed E-state index contributed by atoms with van der Waals surface area (Å²) in [6.07, 6.45) is -4.85. The fraction of sp³-hybridized carbons (Fsp3) is 0.875. The lowest BCUT2D eigenvalue weighted by molar-refractivity contribution is -0.318. The molecule has 0 unspecified atom stereocenters. The number of carboxylic acids is 1. The molecular formula is C72H126N2O20. The fourth-order valence-electron chi connectivity index (χ4n) is 16.2. The summed E-state index contributed by atoms with van der Waals surface area (Å²) in [5.41, 5.74) is -4.81. The number of hydrogen-bond acceptors (Lipinski definition) is 21. The molecule has 1 aromatic carbocycles. The van der Waals surface area contributed by atoms with E-state index >= 15 is 0 Å². The number of ketones is 1. The number of carboxylic acid groups (broad SMARTS) is 1. The SMILES string of the molecule is CC[C@@H](C(=O)[C@@H](C)[C@@H](O)[C@H](C)CCc1ccc(C)c(O)c1C(=O)O)[C@H]1O[C@](CC)([C@H]2CC[C@](O)(CC)[C@H](C)O2)C[C@@H]1C.CC[C@H]1OC(=O)[C@H](C)[C@@H](O[C@H]2C[C@@](C)(OC)[C@@H](O)[C@H](C)O2)[C@H](C)[C@@H](O[C@@H]2O[C@H](C)C[C@H](N(C)C)[C@H]2O)[C@](C)(O)C[C@@H](C)CN(C)[C@H](C)[C@@H](O)[C@]1(C)O. The van der Waals surface area contributed by atoms with E-state index in [4.69, 9.17) is 37.9 Å². The number of aromatic carboxylic acids is 1. The first-order valence-corrected chi connectivity index (χ1v) is 35.1. The number of cyclic esters (lactones) is 1. The lowest BCUT2D eigenvalue weighted by Gasteiger charge is -2.48. The molecule has 0 aromatic heterocycles. The van der Waals surface area contributed by atoms with Crippen molar-refractivity contribution >= 4 is 17.7 Å². The molecule has 22 heteroatoms. The summed E-state index contributed by atoms with van der Waals surface area (Å²) in [6, 6.07) is 2.59. The minimum atomic E-state index is -1.80. The Morgan fingerprint density at radius 3 is 2.06 bits per heavy atom. The zero-order valence-corrected chi connectivity index (χ0v) is 61.0. The second kappa shape index (κ2) is 33.4. The third-order valence-electron chi connectivity index (χ3n) is 22.9. The van der Waals surface area contributed by atoms with Crippen molar-refractivity contribution in [2.75, 3.05) is 34.8 Å². The van der Waals surface area contributed by atoms with Crippen molar-refractivity contribution in [3.8, 4) is 5.75 Å². The first-order valence-electron chi connectivity index (χ1n) is 35.1. The lowest BCUT2D eigenvalue weighted by atomic mass is 9.76. The number of benzene rings is 1. The molecule has 0 aliphatic carbocycles. The second-order valence-electron chi connectivity index (χ2n) is 30.4. The molecule has 544 valence electrons. The summed E-state index contributed by atoms with van der Waals surface area (Å²) in [5.74, 6) is -5.13. The number of ether oxygens (including phenoxy) is 8. The Balaban J connectivity index is 0.000000348. The summed E-state index contributed by atoms with van der Waals surface area (Å²) >= 11 is 0. The Bertz CT molecular complexity index is 2590. The van der Waals surface area contributed by atoms with Crippen LogP contribution in [0.4, 0.5) is 0 Å². The number of carbonyl (C=O) groups excluding carboxylic acids is 2. The number of Topliss-reactive ketones (excluding diaryl/α,β-unsaturated/α-hetero) is 1. The smallest absolute Gasteiger partial charge is 0.339 e. The van der Waals surface area contributed by atoms with E-state index in [1.165, 1.54) is 14.0 Å².